The number of terminal acetylenes is 1. The number of hydrogen-bond acceptors (Lipinski definition) is 6. The van der Waals surface area contributed by atoms with Crippen LogP contribution in [0.2, 0.25) is 0 Å². The number of rotatable bonds is 5. The van der Waals surface area contributed by atoms with Gasteiger partial charge in [-0.2, -0.15) is 0 Å². The lowest BCUT2D eigenvalue weighted by Crippen LogP contribution is -2.50. The van der Waals surface area contributed by atoms with E-state index in [4.69, 9.17) is 16.9 Å². The molecule has 0 radical (unpaired) electrons. The molecule has 0 bridgehead atoms. The number of amidine groups is 1. The van der Waals surface area contributed by atoms with Crippen molar-refractivity contribution in [3.63, 3.8) is 0 Å². The third-order valence-electron chi connectivity index (χ3n) is 5.91. The van der Waals surface area contributed by atoms with Crippen LogP contribution in [-0.4, -0.2) is 56.1 Å². The van der Waals surface area contributed by atoms with E-state index >= 15 is 4.39 Å². The fraction of sp³-hybridized carbons (Fsp3) is 0.333. The number of nitrogens with zero attached hydrogens (tertiary/aromatic N) is 3. The Morgan fingerprint density at radius 3 is 2.71 bits per heavy atom. The van der Waals surface area contributed by atoms with Crippen molar-refractivity contribution in [2.45, 2.75) is 31.1 Å². The van der Waals surface area contributed by atoms with Crippen LogP contribution in [0.25, 0.3) is 0 Å². The van der Waals surface area contributed by atoms with Gasteiger partial charge in [-0.1, -0.05) is 5.92 Å². The molecule has 0 fully saturated rings. The summed E-state index contributed by atoms with van der Waals surface area (Å²) in [5, 5.41) is 2.71. The number of carbonyl (C=O) groups excluding carboxylic acids is 1. The van der Waals surface area contributed by atoms with Gasteiger partial charge in [0.2, 0.25) is 0 Å². The average molecular weight is 486 g/mol. The maximum absolute atomic E-state index is 15.0. The van der Waals surface area contributed by atoms with Crippen molar-refractivity contribution in [2.75, 3.05) is 25.5 Å². The van der Waals surface area contributed by atoms with E-state index in [-0.39, 0.29) is 30.2 Å². The number of pyridine rings is 1. The highest BCUT2D eigenvalue weighted by Gasteiger charge is 2.44. The van der Waals surface area contributed by atoms with Gasteiger partial charge >= 0.3 is 0 Å². The largest absolute Gasteiger partial charge is 0.479 e. The Bertz CT molecular complexity index is 1280. The van der Waals surface area contributed by atoms with Crippen molar-refractivity contribution in [3.8, 4) is 18.1 Å². The zero-order chi connectivity index (χ0) is 25.3. The number of benzene rings is 1. The Kier molecular flexibility index (Phi) is 6.73. The zero-order valence-corrected chi connectivity index (χ0v) is 20.4. The average Bonchev–Trinajstić information content (AvgIpc) is 2.82. The molecule has 8 nitrogen and oxygen atoms in total. The highest BCUT2D eigenvalue weighted by Crippen LogP contribution is 2.36. The quantitative estimate of drug-likeness (QED) is 0.499. The minimum atomic E-state index is -2.84. The van der Waals surface area contributed by atoms with Crippen molar-refractivity contribution in [1.82, 2.24) is 9.29 Å². The molecule has 2 atom stereocenters. The molecule has 3 rings (SSSR count). The predicted molar refractivity (Wildman–Crippen MR) is 134 cm³/mol. The van der Waals surface area contributed by atoms with E-state index in [1.54, 1.807) is 38.2 Å². The molecule has 10 heteroatoms. The lowest BCUT2D eigenvalue weighted by Gasteiger charge is -2.33. The lowest BCUT2D eigenvalue weighted by atomic mass is 9.91. The molecule has 2 heterocycles. The van der Waals surface area contributed by atoms with Gasteiger partial charge in [0.25, 0.3) is 5.91 Å². The van der Waals surface area contributed by atoms with E-state index in [0.717, 1.165) is 0 Å². The number of aromatic nitrogens is 1. The maximum Gasteiger partial charge on any atom is 0.274 e. The van der Waals surface area contributed by atoms with Crippen molar-refractivity contribution >= 4 is 33.0 Å². The number of ether oxygens (including phenoxy) is 1. The lowest BCUT2D eigenvalue weighted by molar-refractivity contribution is 0.102. The topological polar surface area (TPSA) is 110 Å². The van der Waals surface area contributed by atoms with Crippen LogP contribution in [0, 0.1) is 18.2 Å². The van der Waals surface area contributed by atoms with Crippen LogP contribution in [-0.2, 0) is 15.2 Å². The van der Waals surface area contributed by atoms with Gasteiger partial charge in [0.15, 0.2) is 0 Å². The summed E-state index contributed by atoms with van der Waals surface area (Å²) in [5.41, 5.74) is 5.73. The molecule has 1 unspecified atom stereocenters. The summed E-state index contributed by atoms with van der Waals surface area (Å²) >= 11 is 0. The number of likely N-dealkylation sites (N-methyl/N-ethyl adjacent to an activating group) is 1. The summed E-state index contributed by atoms with van der Waals surface area (Å²) in [6, 6.07) is 7.24. The van der Waals surface area contributed by atoms with Gasteiger partial charge in [0, 0.05) is 27.5 Å². The Balaban J connectivity index is 1.92. The van der Waals surface area contributed by atoms with Crippen molar-refractivity contribution in [1.29, 1.82) is 0 Å². The van der Waals surface area contributed by atoms with Gasteiger partial charge in [-0.05, 0) is 64.0 Å². The third kappa shape index (κ3) is 4.62. The molecule has 1 aliphatic heterocycles. The molecule has 0 saturated heterocycles. The molecule has 1 amide bonds. The van der Waals surface area contributed by atoms with Gasteiger partial charge < -0.3 is 15.8 Å². The minimum Gasteiger partial charge on any atom is -0.479 e. The van der Waals surface area contributed by atoms with E-state index < -0.39 is 31.7 Å². The Labute approximate surface area is 199 Å². The molecule has 0 aliphatic carbocycles. The standard InChI is InChI=1S/C24H28FN5O3S/c1-7-12-33-17-9-11-20(27-14-17)21(31)28-16-8-10-19(25)18(13-16)24(4)15-30(5)34(6,32)23(2,3)22(26)29-24/h1,8-11,13-14H,6,12,15H2,2-5H3,(H2,26,29)(H,28,31)/t24-,34?/m0/s1. The normalized spacial score (nSPS) is 24.4. The minimum absolute atomic E-state index is 0.0900. The van der Waals surface area contributed by atoms with Crippen molar-refractivity contribution in [3.05, 3.63) is 53.6 Å². The molecule has 1 aromatic carbocycles. The summed E-state index contributed by atoms with van der Waals surface area (Å²) in [6.45, 7) is 5.30. The molecule has 180 valence electrons. The highest BCUT2D eigenvalue weighted by atomic mass is 32.2. The Morgan fingerprint density at radius 1 is 1.38 bits per heavy atom. The first-order valence-electron chi connectivity index (χ1n) is 10.4. The smallest absolute Gasteiger partial charge is 0.274 e. The highest BCUT2D eigenvalue weighted by molar-refractivity contribution is 8.00. The van der Waals surface area contributed by atoms with Crippen LogP contribution in [0.5, 0.6) is 5.75 Å². The fourth-order valence-corrected chi connectivity index (χ4v) is 5.22. The van der Waals surface area contributed by atoms with Crippen molar-refractivity contribution in [2.24, 2.45) is 10.7 Å². The number of aliphatic imine (C=N–C) groups is 1. The fourth-order valence-electron chi connectivity index (χ4n) is 3.61. The third-order valence-corrected chi connectivity index (χ3v) is 8.85. The summed E-state index contributed by atoms with van der Waals surface area (Å²) in [7, 11) is -1.19. The maximum atomic E-state index is 15.0. The Hall–Kier alpha value is -3.42. The summed E-state index contributed by atoms with van der Waals surface area (Å²) in [6.07, 6.45) is 6.54. The summed E-state index contributed by atoms with van der Waals surface area (Å²) < 4.78 is 34.2. The van der Waals surface area contributed by atoms with E-state index in [1.165, 1.54) is 30.5 Å². The molecule has 1 aromatic heterocycles. The van der Waals surface area contributed by atoms with Crippen LogP contribution in [0.15, 0.2) is 41.5 Å². The molecule has 1 aliphatic rings. The van der Waals surface area contributed by atoms with Crippen molar-refractivity contribution < 1.29 is 18.1 Å². The number of amides is 1. The second-order valence-corrected chi connectivity index (χ2v) is 11.7. The number of nitrogens with one attached hydrogen (secondary N) is 1. The Morgan fingerprint density at radius 2 is 2.09 bits per heavy atom. The van der Waals surface area contributed by atoms with Gasteiger partial charge in [0.05, 0.1) is 6.20 Å². The van der Waals surface area contributed by atoms with Crippen LogP contribution in [0.4, 0.5) is 10.1 Å². The van der Waals surface area contributed by atoms with Crippen LogP contribution in [0.3, 0.4) is 0 Å². The van der Waals surface area contributed by atoms with Crippen LogP contribution in [0.1, 0.15) is 36.8 Å². The SMILES string of the molecule is C#CCOc1ccc(C(=O)Nc2ccc(F)c([C@]3(C)CN(C)S(=C)(=O)C(C)(C)C(N)=N3)c2)nc1. The molecule has 34 heavy (non-hydrogen) atoms. The van der Waals surface area contributed by atoms with Gasteiger partial charge in [-0.15, -0.1) is 6.42 Å². The van der Waals surface area contributed by atoms with Crippen LogP contribution < -0.4 is 15.8 Å². The first kappa shape index (κ1) is 25.2. The van der Waals surface area contributed by atoms with Gasteiger partial charge in [-0.3, -0.25) is 14.0 Å². The number of nitrogens with two attached hydrogens (primary N) is 1. The first-order chi connectivity index (χ1) is 15.8. The monoisotopic (exact) mass is 485 g/mol. The predicted octanol–water partition coefficient (Wildman–Crippen LogP) is 2.41. The zero-order valence-electron chi connectivity index (χ0n) is 19.6. The second kappa shape index (κ2) is 9.08. The van der Waals surface area contributed by atoms with Gasteiger partial charge in [0.1, 0.15) is 40.0 Å². The molecular formula is C24H28FN5O3S. The van der Waals surface area contributed by atoms with E-state index in [2.05, 4.69) is 27.1 Å². The summed E-state index contributed by atoms with van der Waals surface area (Å²) in [5.74, 6) is 5.75. The van der Waals surface area contributed by atoms with Gasteiger partial charge in [-0.25, -0.2) is 13.7 Å². The molecule has 3 N–H and O–H groups in total. The number of carbonyl (C=O) groups is 1. The molecule has 0 spiro atoms. The number of hydrogen-bond donors (Lipinski definition) is 2. The number of anilines is 1. The van der Waals surface area contributed by atoms with E-state index in [1.807, 2.05) is 0 Å². The number of halogens is 1. The molecule has 2 aromatic rings. The first-order valence-corrected chi connectivity index (χ1v) is 12.1. The molecule has 0 saturated carbocycles. The molecular weight excluding hydrogens is 457 g/mol. The van der Waals surface area contributed by atoms with Crippen LogP contribution >= 0.6 is 0 Å². The summed E-state index contributed by atoms with van der Waals surface area (Å²) in [4.78, 5) is 21.3. The van der Waals surface area contributed by atoms with E-state index in [0.29, 0.717) is 11.4 Å². The van der Waals surface area contributed by atoms with E-state index in [9.17, 15) is 9.00 Å². The second-order valence-electron chi connectivity index (χ2n) is 8.73.